The molecule has 1 aromatic carbocycles. The smallest absolute Gasteiger partial charge is 0.0355 e. The van der Waals surface area contributed by atoms with E-state index in [0.717, 1.165) is 6.42 Å². The number of unbranched alkanes of at least 4 members (excludes halogenated alkanes) is 12. The summed E-state index contributed by atoms with van der Waals surface area (Å²) in [5.74, 6) is 0. The molecule has 1 aromatic rings. The fraction of sp³-hybridized carbons (Fsp3) is 0.704. The summed E-state index contributed by atoms with van der Waals surface area (Å²) in [5, 5.41) is 0. The van der Waals surface area contributed by atoms with Gasteiger partial charge in [0.2, 0.25) is 0 Å². The molecule has 1 nitrogen and oxygen atoms in total. The molecule has 0 spiro atoms. The van der Waals surface area contributed by atoms with E-state index in [9.17, 15) is 0 Å². The standard InChI is InChI=1S/C27H47N.ClH/c1-4-5-6-7-8-9-10-11-12-13-14-15-16-17-18-19-22-25-23-20-21-24-26(25)27(2,3)28;/h11-12,20-21,23-24H,4-10,13-19,22,28H2,1-3H3;1H/b12-11-;. The lowest BCUT2D eigenvalue weighted by Gasteiger charge is -2.22. The lowest BCUT2D eigenvalue weighted by molar-refractivity contribution is 0.542. The third kappa shape index (κ3) is 14.8. The van der Waals surface area contributed by atoms with Crippen molar-refractivity contribution in [2.45, 2.75) is 123 Å². The monoisotopic (exact) mass is 421 g/mol. The van der Waals surface area contributed by atoms with Crippen molar-refractivity contribution >= 4 is 12.4 Å². The van der Waals surface area contributed by atoms with Crippen LogP contribution in [0.5, 0.6) is 0 Å². The highest BCUT2D eigenvalue weighted by Gasteiger charge is 2.17. The Balaban J connectivity index is 0.00000784. The van der Waals surface area contributed by atoms with E-state index in [1.54, 1.807) is 0 Å². The summed E-state index contributed by atoms with van der Waals surface area (Å²) in [6.45, 7) is 6.49. The van der Waals surface area contributed by atoms with Crippen molar-refractivity contribution in [1.82, 2.24) is 0 Å². The predicted octanol–water partition coefficient (Wildman–Crippen LogP) is 8.88. The Bertz CT molecular complexity index is 516. The summed E-state index contributed by atoms with van der Waals surface area (Å²) in [5.41, 5.74) is 8.82. The summed E-state index contributed by atoms with van der Waals surface area (Å²) in [4.78, 5) is 0. The molecule has 2 N–H and O–H groups in total. The molecule has 0 bridgehead atoms. The molecule has 0 atom stereocenters. The SMILES string of the molecule is CCCCCCCC/C=C\CCCCCCCCc1ccccc1C(C)(C)N.Cl. The van der Waals surface area contributed by atoms with Gasteiger partial charge in [-0.15, -0.1) is 12.4 Å². The maximum atomic E-state index is 6.31. The van der Waals surface area contributed by atoms with Gasteiger partial charge in [0.25, 0.3) is 0 Å². The van der Waals surface area contributed by atoms with E-state index in [1.165, 1.54) is 101 Å². The zero-order valence-electron chi connectivity index (χ0n) is 19.6. The van der Waals surface area contributed by atoms with E-state index in [-0.39, 0.29) is 17.9 Å². The van der Waals surface area contributed by atoms with Crippen LogP contribution >= 0.6 is 12.4 Å². The average Bonchev–Trinajstić information content (AvgIpc) is 2.67. The fourth-order valence-electron chi connectivity index (χ4n) is 3.93. The van der Waals surface area contributed by atoms with Crippen molar-refractivity contribution in [1.29, 1.82) is 0 Å². The first-order chi connectivity index (χ1) is 13.6. The molecule has 0 aromatic heterocycles. The molecule has 0 saturated carbocycles. The highest BCUT2D eigenvalue weighted by molar-refractivity contribution is 5.85. The molecule has 1 rings (SSSR count). The summed E-state index contributed by atoms with van der Waals surface area (Å²) >= 11 is 0. The Labute approximate surface area is 188 Å². The van der Waals surface area contributed by atoms with Crippen molar-refractivity contribution < 1.29 is 0 Å². The van der Waals surface area contributed by atoms with Crippen molar-refractivity contribution in [3.63, 3.8) is 0 Å². The number of benzene rings is 1. The fourth-order valence-corrected chi connectivity index (χ4v) is 3.93. The van der Waals surface area contributed by atoms with Crippen LogP contribution in [0.2, 0.25) is 0 Å². The molecule has 0 fully saturated rings. The quantitative estimate of drug-likeness (QED) is 0.197. The van der Waals surface area contributed by atoms with Crippen LogP contribution in [0, 0.1) is 0 Å². The van der Waals surface area contributed by atoms with Crippen molar-refractivity contribution in [2.24, 2.45) is 5.73 Å². The van der Waals surface area contributed by atoms with Gasteiger partial charge in [0.15, 0.2) is 0 Å². The Morgan fingerprint density at radius 1 is 0.724 bits per heavy atom. The van der Waals surface area contributed by atoms with Crippen molar-refractivity contribution in [3.05, 3.63) is 47.5 Å². The minimum absolute atomic E-state index is 0. The number of halogens is 1. The lowest BCUT2D eigenvalue weighted by atomic mass is 9.89. The third-order valence-electron chi connectivity index (χ3n) is 5.67. The van der Waals surface area contributed by atoms with Crippen molar-refractivity contribution in [2.75, 3.05) is 0 Å². The molecule has 0 heterocycles. The molecule has 0 aliphatic rings. The van der Waals surface area contributed by atoms with E-state index in [4.69, 9.17) is 5.73 Å². The van der Waals surface area contributed by atoms with Gasteiger partial charge < -0.3 is 5.73 Å². The minimum atomic E-state index is -0.237. The van der Waals surface area contributed by atoms with Crippen LogP contribution in [-0.2, 0) is 12.0 Å². The van der Waals surface area contributed by atoms with Gasteiger partial charge in [-0.25, -0.2) is 0 Å². The summed E-state index contributed by atoms with van der Waals surface area (Å²) in [6, 6.07) is 8.69. The molecule has 0 aliphatic carbocycles. The number of allylic oxidation sites excluding steroid dienone is 2. The summed E-state index contributed by atoms with van der Waals surface area (Å²) in [7, 11) is 0. The van der Waals surface area contributed by atoms with E-state index < -0.39 is 0 Å². The highest BCUT2D eigenvalue weighted by Crippen LogP contribution is 2.23. The summed E-state index contributed by atoms with van der Waals surface area (Å²) < 4.78 is 0. The largest absolute Gasteiger partial charge is 0.322 e. The first kappa shape index (κ1) is 28.2. The Morgan fingerprint density at radius 3 is 1.76 bits per heavy atom. The Kier molecular flexibility index (Phi) is 17.5. The molecule has 0 aliphatic heterocycles. The van der Waals surface area contributed by atoms with Crippen LogP contribution in [0.3, 0.4) is 0 Å². The zero-order valence-corrected chi connectivity index (χ0v) is 20.4. The van der Waals surface area contributed by atoms with Gasteiger partial charge in [0, 0.05) is 5.54 Å². The zero-order chi connectivity index (χ0) is 20.5. The third-order valence-corrected chi connectivity index (χ3v) is 5.67. The minimum Gasteiger partial charge on any atom is -0.322 e. The maximum absolute atomic E-state index is 6.31. The Hall–Kier alpha value is -0.790. The van der Waals surface area contributed by atoms with Crippen LogP contribution in [0.25, 0.3) is 0 Å². The van der Waals surface area contributed by atoms with Gasteiger partial charge in [0.05, 0.1) is 0 Å². The van der Waals surface area contributed by atoms with E-state index in [0.29, 0.717) is 0 Å². The normalized spacial score (nSPS) is 11.7. The second-order valence-corrected chi connectivity index (χ2v) is 9.07. The summed E-state index contributed by atoms with van der Waals surface area (Å²) in [6.07, 6.45) is 25.1. The molecule has 0 amide bonds. The molecule has 0 saturated heterocycles. The van der Waals surface area contributed by atoms with Gasteiger partial charge in [-0.05, 0) is 63.5 Å². The number of hydrogen-bond acceptors (Lipinski definition) is 1. The van der Waals surface area contributed by atoms with E-state index in [2.05, 4.69) is 57.2 Å². The van der Waals surface area contributed by atoms with Gasteiger partial charge >= 0.3 is 0 Å². The number of aryl methyl sites for hydroxylation is 1. The topological polar surface area (TPSA) is 26.0 Å². The second kappa shape index (κ2) is 18.0. The Morgan fingerprint density at radius 2 is 1.21 bits per heavy atom. The molecular weight excluding hydrogens is 374 g/mol. The lowest BCUT2D eigenvalue weighted by Crippen LogP contribution is -2.30. The number of hydrogen-bond donors (Lipinski definition) is 1. The molecule has 0 unspecified atom stereocenters. The number of nitrogens with two attached hydrogens (primary N) is 1. The van der Waals surface area contributed by atoms with Gasteiger partial charge in [-0.3, -0.25) is 0 Å². The van der Waals surface area contributed by atoms with Crippen LogP contribution < -0.4 is 5.73 Å². The number of rotatable bonds is 17. The van der Waals surface area contributed by atoms with Crippen LogP contribution in [0.4, 0.5) is 0 Å². The van der Waals surface area contributed by atoms with E-state index >= 15 is 0 Å². The molecule has 2 heteroatoms. The van der Waals surface area contributed by atoms with Crippen molar-refractivity contribution in [3.8, 4) is 0 Å². The maximum Gasteiger partial charge on any atom is 0.0355 e. The predicted molar refractivity (Wildman–Crippen MR) is 134 cm³/mol. The first-order valence-electron chi connectivity index (χ1n) is 12.1. The van der Waals surface area contributed by atoms with Crippen LogP contribution in [-0.4, -0.2) is 0 Å². The van der Waals surface area contributed by atoms with Crippen LogP contribution in [0.1, 0.15) is 122 Å². The first-order valence-corrected chi connectivity index (χ1v) is 12.1. The molecule has 168 valence electrons. The van der Waals surface area contributed by atoms with Gasteiger partial charge in [0.1, 0.15) is 0 Å². The molecule has 0 radical (unpaired) electrons. The van der Waals surface area contributed by atoms with Gasteiger partial charge in [-0.2, -0.15) is 0 Å². The average molecular weight is 422 g/mol. The molecule has 29 heavy (non-hydrogen) atoms. The second-order valence-electron chi connectivity index (χ2n) is 9.07. The van der Waals surface area contributed by atoms with E-state index in [1.807, 2.05) is 0 Å². The van der Waals surface area contributed by atoms with Gasteiger partial charge in [-0.1, -0.05) is 101 Å². The highest BCUT2D eigenvalue weighted by atomic mass is 35.5. The molecular formula is C27H48ClN. The van der Waals surface area contributed by atoms with Crippen LogP contribution in [0.15, 0.2) is 36.4 Å².